The van der Waals surface area contributed by atoms with Crippen LogP contribution in [-0.4, -0.2) is 33.7 Å². The largest absolute Gasteiger partial charge is 0.348 e. The topological polar surface area (TPSA) is 79.8 Å². The van der Waals surface area contributed by atoms with Crippen LogP contribution < -0.4 is 10.6 Å². The van der Waals surface area contributed by atoms with E-state index in [0.29, 0.717) is 28.9 Å². The zero-order chi connectivity index (χ0) is 15.1. The molecule has 0 radical (unpaired) electrons. The molecule has 108 valence electrons. The van der Waals surface area contributed by atoms with Crippen molar-refractivity contribution >= 4 is 29.3 Å². The number of carbonyl (C=O) groups excluding carboxylic acids is 1. The first-order chi connectivity index (χ1) is 10.2. The molecule has 0 bridgehead atoms. The Morgan fingerprint density at radius 1 is 1.43 bits per heavy atom. The summed E-state index contributed by atoms with van der Waals surface area (Å²) in [6.07, 6.45) is 6.65. The van der Waals surface area contributed by atoms with Crippen molar-refractivity contribution in [3.8, 4) is 0 Å². The van der Waals surface area contributed by atoms with Gasteiger partial charge >= 0.3 is 0 Å². The summed E-state index contributed by atoms with van der Waals surface area (Å²) in [5, 5.41) is 6.33. The molecule has 2 heterocycles. The van der Waals surface area contributed by atoms with Crippen LogP contribution in [0, 0.1) is 0 Å². The Bertz CT molecular complexity index is 633. The third kappa shape index (κ3) is 4.03. The monoisotopic (exact) mass is 301 g/mol. The van der Waals surface area contributed by atoms with E-state index in [1.807, 2.05) is 18.4 Å². The first-order valence-corrected chi connectivity index (χ1v) is 7.45. The van der Waals surface area contributed by atoms with Gasteiger partial charge in [-0.3, -0.25) is 4.79 Å². The Hall–Kier alpha value is -2.41. The van der Waals surface area contributed by atoms with E-state index >= 15 is 0 Å². The molecule has 0 saturated heterocycles. The lowest BCUT2D eigenvalue weighted by molar-refractivity contribution is 0.0958. The van der Waals surface area contributed by atoms with Gasteiger partial charge in [-0.1, -0.05) is 23.9 Å². The summed E-state index contributed by atoms with van der Waals surface area (Å²) in [5.41, 5.74) is 0.361. The van der Waals surface area contributed by atoms with E-state index in [9.17, 15) is 4.79 Å². The average Bonchev–Trinajstić information content (AvgIpc) is 2.53. The highest BCUT2D eigenvalue weighted by Crippen LogP contribution is 2.19. The number of carbonyl (C=O) groups is 1. The van der Waals surface area contributed by atoms with E-state index < -0.39 is 0 Å². The average molecular weight is 301 g/mol. The Kier molecular flexibility index (Phi) is 5.28. The molecule has 0 unspecified atom stereocenters. The lowest BCUT2D eigenvalue weighted by Gasteiger charge is -2.10. The normalized spacial score (nSPS) is 9.95. The van der Waals surface area contributed by atoms with Crippen molar-refractivity contribution in [3.63, 3.8) is 0 Å². The van der Waals surface area contributed by atoms with Gasteiger partial charge in [-0.25, -0.2) is 15.0 Å². The van der Waals surface area contributed by atoms with Crippen LogP contribution in [0.1, 0.15) is 10.4 Å². The molecule has 0 aromatic carbocycles. The molecule has 2 rings (SSSR count). The zero-order valence-electron chi connectivity index (χ0n) is 11.5. The van der Waals surface area contributed by atoms with Gasteiger partial charge in [0, 0.05) is 18.9 Å². The Morgan fingerprint density at radius 2 is 2.29 bits per heavy atom. The minimum absolute atomic E-state index is 0.263. The number of hydrogen-bond acceptors (Lipinski definition) is 6. The SMILES string of the molecule is C=CCNC(=O)c1cnc(SC)nc1Nc1ccccn1. The molecular weight excluding hydrogens is 286 g/mol. The van der Waals surface area contributed by atoms with Gasteiger partial charge in [0.15, 0.2) is 5.16 Å². The summed E-state index contributed by atoms with van der Waals surface area (Å²) in [7, 11) is 0. The highest BCUT2D eigenvalue weighted by molar-refractivity contribution is 7.98. The quantitative estimate of drug-likeness (QED) is 0.484. The maximum absolute atomic E-state index is 12.1. The number of anilines is 2. The van der Waals surface area contributed by atoms with Crippen LogP contribution in [0.3, 0.4) is 0 Å². The van der Waals surface area contributed by atoms with Crippen LogP contribution in [0.15, 0.2) is 48.4 Å². The smallest absolute Gasteiger partial charge is 0.256 e. The fraction of sp³-hybridized carbons (Fsp3) is 0.143. The summed E-state index contributed by atoms with van der Waals surface area (Å²) in [6, 6.07) is 5.46. The maximum atomic E-state index is 12.1. The molecule has 6 nitrogen and oxygen atoms in total. The number of rotatable bonds is 6. The number of hydrogen-bond donors (Lipinski definition) is 2. The van der Waals surface area contributed by atoms with Crippen LogP contribution >= 0.6 is 11.8 Å². The van der Waals surface area contributed by atoms with E-state index in [1.165, 1.54) is 18.0 Å². The second kappa shape index (κ2) is 7.39. The zero-order valence-corrected chi connectivity index (χ0v) is 12.4. The van der Waals surface area contributed by atoms with Crippen molar-refractivity contribution in [1.82, 2.24) is 20.3 Å². The molecule has 1 amide bonds. The Labute approximate surface area is 127 Å². The van der Waals surface area contributed by atoms with Crippen molar-refractivity contribution in [2.45, 2.75) is 5.16 Å². The number of aromatic nitrogens is 3. The first kappa shape index (κ1) is 15.0. The van der Waals surface area contributed by atoms with Crippen LogP contribution in [0.4, 0.5) is 11.6 Å². The number of amides is 1. The molecular formula is C14H15N5OS. The van der Waals surface area contributed by atoms with Gasteiger partial charge in [0.25, 0.3) is 5.91 Å². The Balaban J connectivity index is 2.31. The van der Waals surface area contributed by atoms with Crippen LogP contribution in [0.5, 0.6) is 0 Å². The van der Waals surface area contributed by atoms with Crippen LogP contribution in [0.25, 0.3) is 0 Å². The van der Waals surface area contributed by atoms with E-state index in [-0.39, 0.29) is 5.91 Å². The molecule has 0 atom stereocenters. The van der Waals surface area contributed by atoms with Gasteiger partial charge in [0.05, 0.1) is 0 Å². The lowest BCUT2D eigenvalue weighted by Crippen LogP contribution is -2.24. The minimum Gasteiger partial charge on any atom is -0.348 e. The standard InChI is InChI=1S/C14H15N5OS/c1-3-7-16-13(20)10-9-17-14(21-2)19-12(10)18-11-6-4-5-8-15-11/h3-6,8-9H,1,7H2,2H3,(H,16,20)(H,15,17,18,19). The van der Waals surface area contributed by atoms with Gasteiger partial charge in [0.2, 0.25) is 0 Å². The van der Waals surface area contributed by atoms with E-state index in [4.69, 9.17) is 0 Å². The lowest BCUT2D eigenvalue weighted by atomic mass is 10.3. The van der Waals surface area contributed by atoms with Crippen molar-refractivity contribution < 1.29 is 4.79 Å². The molecule has 0 aliphatic rings. The molecule has 7 heteroatoms. The predicted molar refractivity (Wildman–Crippen MR) is 83.9 cm³/mol. The fourth-order valence-electron chi connectivity index (χ4n) is 1.54. The molecule has 2 aromatic heterocycles. The van der Waals surface area contributed by atoms with Gasteiger partial charge < -0.3 is 10.6 Å². The summed E-state index contributed by atoms with van der Waals surface area (Å²) in [5.74, 6) is 0.775. The Morgan fingerprint density at radius 3 is 2.95 bits per heavy atom. The van der Waals surface area contributed by atoms with Crippen LogP contribution in [0.2, 0.25) is 0 Å². The van der Waals surface area contributed by atoms with Gasteiger partial charge in [0.1, 0.15) is 17.2 Å². The summed E-state index contributed by atoms with van der Waals surface area (Å²) in [6.45, 7) is 3.95. The van der Waals surface area contributed by atoms with Gasteiger partial charge in [-0.05, 0) is 18.4 Å². The molecule has 2 aromatic rings. The third-order valence-corrected chi connectivity index (χ3v) is 3.07. The molecule has 0 spiro atoms. The minimum atomic E-state index is -0.263. The first-order valence-electron chi connectivity index (χ1n) is 6.22. The number of nitrogens with zero attached hydrogens (tertiary/aromatic N) is 3. The number of nitrogens with one attached hydrogen (secondary N) is 2. The fourth-order valence-corrected chi connectivity index (χ4v) is 1.88. The van der Waals surface area contributed by atoms with Crippen molar-refractivity contribution in [2.75, 3.05) is 18.1 Å². The summed E-state index contributed by atoms with van der Waals surface area (Å²) in [4.78, 5) is 24.7. The second-order valence-corrected chi connectivity index (χ2v) is 4.73. The van der Waals surface area contributed by atoms with Crippen molar-refractivity contribution in [2.24, 2.45) is 0 Å². The molecule has 21 heavy (non-hydrogen) atoms. The van der Waals surface area contributed by atoms with Gasteiger partial charge in [-0.15, -0.1) is 6.58 Å². The summed E-state index contributed by atoms with van der Waals surface area (Å²) >= 11 is 1.40. The molecule has 0 aliphatic heterocycles. The van der Waals surface area contributed by atoms with Crippen molar-refractivity contribution in [1.29, 1.82) is 0 Å². The number of pyridine rings is 1. The van der Waals surface area contributed by atoms with Crippen molar-refractivity contribution in [3.05, 3.63) is 48.8 Å². The van der Waals surface area contributed by atoms with Crippen LogP contribution in [-0.2, 0) is 0 Å². The van der Waals surface area contributed by atoms with E-state index in [0.717, 1.165) is 0 Å². The number of thioether (sulfide) groups is 1. The predicted octanol–water partition coefficient (Wildman–Crippen LogP) is 2.25. The molecule has 2 N–H and O–H groups in total. The molecule has 0 saturated carbocycles. The molecule has 0 aliphatic carbocycles. The third-order valence-electron chi connectivity index (χ3n) is 2.51. The highest BCUT2D eigenvalue weighted by Gasteiger charge is 2.14. The highest BCUT2D eigenvalue weighted by atomic mass is 32.2. The maximum Gasteiger partial charge on any atom is 0.256 e. The van der Waals surface area contributed by atoms with E-state index in [1.54, 1.807) is 18.3 Å². The van der Waals surface area contributed by atoms with Gasteiger partial charge in [-0.2, -0.15) is 0 Å². The molecule has 0 fully saturated rings. The van der Waals surface area contributed by atoms with E-state index in [2.05, 4.69) is 32.2 Å². The summed E-state index contributed by atoms with van der Waals surface area (Å²) < 4.78 is 0. The second-order valence-electron chi connectivity index (χ2n) is 3.96.